The molecule has 0 bridgehead atoms. The molecule has 0 aromatic rings. The Kier molecular flexibility index (Phi) is 9.12. The number of ether oxygens (including phenoxy) is 4. The van der Waals surface area contributed by atoms with Crippen LogP contribution in [-0.2, 0) is 32.6 Å². The second-order valence-electron chi connectivity index (χ2n) is 7.87. The average molecular weight is 438 g/mol. The van der Waals surface area contributed by atoms with Crippen molar-refractivity contribution in [2.24, 2.45) is 0 Å². The van der Waals surface area contributed by atoms with Gasteiger partial charge in [-0.25, -0.2) is 4.57 Å². The predicted molar refractivity (Wildman–Crippen MR) is 103 cm³/mol. The molecule has 12 heteroatoms. The summed E-state index contributed by atoms with van der Waals surface area (Å²) in [4.78, 5) is 10.1. The van der Waals surface area contributed by atoms with Crippen molar-refractivity contribution in [2.75, 3.05) is 13.2 Å². The fourth-order valence-electron chi connectivity index (χ4n) is 3.21. The molecule has 2 aliphatic rings. The zero-order valence-electron chi connectivity index (χ0n) is 17.4. The second-order valence-corrected chi connectivity index (χ2v) is 9.27. The van der Waals surface area contributed by atoms with Gasteiger partial charge >= 0.3 is 7.82 Å². The van der Waals surface area contributed by atoms with Crippen LogP contribution < -0.4 is 0 Å². The van der Waals surface area contributed by atoms with Crippen LogP contribution in [0.15, 0.2) is 0 Å². The number of hydrogen-bond acceptors (Lipinski definition) is 9. The molecule has 2 fully saturated rings. The first-order valence-corrected chi connectivity index (χ1v) is 11.3. The minimum atomic E-state index is -4.61. The van der Waals surface area contributed by atoms with Crippen LogP contribution in [0.4, 0.5) is 0 Å². The highest BCUT2D eigenvalue weighted by Gasteiger charge is 2.47. The first-order valence-electron chi connectivity index (χ1n) is 9.76. The van der Waals surface area contributed by atoms with Crippen LogP contribution in [0.2, 0.25) is 0 Å². The summed E-state index contributed by atoms with van der Waals surface area (Å²) >= 11 is 0. The summed E-state index contributed by atoms with van der Waals surface area (Å²) in [5, 5.41) is 20.3. The fourth-order valence-corrected chi connectivity index (χ4v) is 4.17. The minimum absolute atomic E-state index is 0.0207. The lowest BCUT2D eigenvalue weighted by Gasteiger charge is -2.26. The molecule has 3 N–H and O–H groups in total. The Labute approximate surface area is 172 Å². The van der Waals surface area contributed by atoms with Gasteiger partial charge in [-0.3, -0.25) is 9.05 Å². The van der Waals surface area contributed by atoms with E-state index in [-0.39, 0.29) is 25.4 Å². The Morgan fingerprint density at radius 1 is 1.00 bits per heavy atom. The van der Waals surface area contributed by atoms with Crippen LogP contribution in [0.1, 0.15) is 34.6 Å². The zero-order chi connectivity index (χ0) is 21.9. The van der Waals surface area contributed by atoms with Crippen LogP contribution in [-0.4, -0.2) is 97.1 Å². The van der Waals surface area contributed by atoms with Gasteiger partial charge < -0.3 is 34.1 Å². The highest BCUT2D eigenvalue weighted by Crippen LogP contribution is 2.48. The normalized spacial score (nSPS) is 40.1. The molecule has 0 aromatic heterocycles. The standard InChI is InChI=1S/C17H32BO10P/c1-8(2)23-6-11-16(14(20)17(18)27-11)28-29(21,22)24-7-12-15(25-9(3)4)13(19)10(5)26-12/h8-17,19-20H,6-7H2,1-5H3,(H,21,22)/t10-,11+,12+,13+,14-,15?,16?,17+/m0/s1. The molecule has 2 heterocycles. The predicted octanol–water partition coefficient (Wildman–Crippen LogP) is 0.110. The molecular formula is C17H32BO10P. The molecule has 168 valence electrons. The lowest BCUT2D eigenvalue weighted by Crippen LogP contribution is -2.39. The van der Waals surface area contributed by atoms with Gasteiger partial charge in [0.25, 0.3) is 0 Å². The number of aliphatic hydroxyl groups excluding tert-OH is 2. The van der Waals surface area contributed by atoms with Crippen molar-refractivity contribution in [1.29, 1.82) is 0 Å². The lowest BCUT2D eigenvalue weighted by molar-refractivity contribution is -0.0810. The molecule has 10 nitrogen and oxygen atoms in total. The van der Waals surface area contributed by atoms with Crippen molar-refractivity contribution in [3.63, 3.8) is 0 Å². The van der Waals surface area contributed by atoms with E-state index in [9.17, 15) is 19.7 Å². The summed E-state index contributed by atoms with van der Waals surface area (Å²) in [6.07, 6.45) is -6.58. The van der Waals surface area contributed by atoms with Gasteiger partial charge in [-0.15, -0.1) is 0 Å². The number of aliphatic hydroxyl groups is 2. The van der Waals surface area contributed by atoms with E-state index in [1.54, 1.807) is 20.8 Å². The van der Waals surface area contributed by atoms with E-state index in [2.05, 4.69) is 0 Å². The first-order chi connectivity index (χ1) is 13.4. The highest BCUT2D eigenvalue weighted by molar-refractivity contribution is 7.47. The Hall–Kier alpha value is -0.0651. The largest absolute Gasteiger partial charge is 0.472 e. The number of phosphoric acid groups is 1. The third-order valence-corrected chi connectivity index (χ3v) is 5.61. The third-order valence-electron chi connectivity index (χ3n) is 4.62. The van der Waals surface area contributed by atoms with Gasteiger partial charge in [0.05, 0.1) is 31.5 Å². The zero-order valence-corrected chi connectivity index (χ0v) is 18.3. The molecule has 0 aromatic carbocycles. The van der Waals surface area contributed by atoms with Crippen molar-refractivity contribution >= 4 is 15.7 Å². The topological polar surface area (TPSA) is 133 Å². The Morgan fingerprint density at radius 3 is 2.21 bits per heavy atom. The summed E-state index contributed by atoms with van der Waals surface area (Å²) in [6.45, 7) is 8.57. The quantitative estimate of drug-likeness (QED) is 0.319. The van der Waals surface area contributed by atoms with E-state index in [4.69, 9.17) is 35.8 Å². The smallest absolute Gasteiger partial charge is 0.388 e. The highest BCUT2D eigenvalue weighted by atomic mass is 31.2. The minimum Gasteiger partial charge on any atom is -0.388 e. The molecule has 2 saturated heterocycles. The molecule has 0 saturated carbocycles. The monoisotopic (exact) mass is 438 g/mol. The maximum absolute atomic E-state index is 12.5. The van der Waals surface area contributed by atoms with Crippen LogP contribution >= 0.6 is 7.82 Å². The molecule has 9 atom stereocenters. The molecule has 0 aliphatic carbocycles. The van der Waals surface area contributed by atoms with Crippen LogP contribution in [0.5, 0.6) is 0 Å². The van der Waals surface area contributed by atoms with Gasteiger partial charge in [-0.2, -0.15) is 0 Å². The maximum atomic E-state index is 12.5. The maximum Gasteiger partial charge on any atom is 0.472 e. The van der Waals surface area contributed by atoms with Crippen LogP contribution in [0, 0.1) is 0 Å². The summed E-state index contributed by atoms with van der Waals surface area (Å²) in [5.41, 5.74) is 0. The van der Waals surface area contributed by atoms with Crippen molar-refractivity contribution < 1.29 is 47.7 Å². The molecule has 2 aliphatic heterocycles. The first kappa shape index (κ1) is 25.2. The summed E-state index contributed by atoms with van der Waals surface area (Å²) in [5.74, 6) is 0. The average Bonchev–Trinajstić information content (AvgIpc) is 3.02. The molecule has 29 heavy (non-hydrogen) atoms. The van der Waals surface area contributed by atoms with Gasteiger partial charge in [0.15, 0.2) is 0 Å². The molecule has 3 unspecified atom stereocenters. The molecule has 2 radical (unpaired) electrons. The van der Waals surface area contributed by atoms with Crippen molar-refractivity contribution in [1.82, 2.24) is 0 Å². The van der Waals surface area contributed by atoms with E-state index >= 15 is 0 Å². The summed E-state index contributed by atoms with van der Waals surface area (Å²) < 4.78 is 44.7. The van der Waals surface area contributed by atoms with E-state index in [1.165, 1.54) is 0 Å². The van der Waals surface area contributed by atoms with E-state index in [0.29, 0.717) is 0 Å². The van der Waals surface area contributed by atoms with Gasteiger partial charge in [0, 0.05) is 6.00 Å². The second kappa shape index (κ2) is 10.5. The number of phosphoric ester groups is 1. The van der Waals surface area contributed by atoms with Crippen LogP contribution in [0.25, 0.3) is 0 Å². The van der Waals surface area contributed by atoms with Gasteiger partial charge in [0.2, 0.25) is 0 Å². The molecule has 2 rings (SSSR count). The van der Waals surface area contributed by atoms with Crippen molar-refractivity contribution in [3.05, 3.63) is 0 Å². The Balaban J connectivity index is 1.96. The Morgan fingerprint density at radius 2 is 1.62 bits per heavy atom. The SMILES string of the molecule is [B][C@@H]1O[C@H](COC(C)C)C(OP(=O)(O)OC[C@H]2O[C@@H](C)[C@@H](O)C2OC(C)C)[C@@H]1O. The van der Waals surface area contributed by atoms with E-state index in [1.807, 2.05) is 13.8 Å². The van der Waals surface area contributed by atoms with Gasteiger partial charge in [-0.05, 0) is 34.6 Å². The van der Waals surface area contributed by atoms with E-state index in [0.717, 1.165) is 0 Å². The lowest BCUT2D eigenvalue weighted by atomic mass is 9.93. The van der Waals surface area contributed by atoms with Gasteiger partial charge in [0.1, 0.15) is 44.5 Å². The molecule has 0 spiro atoms. The van der Waals surface area contributed by atoms with Crippen LogP contribution in [0.3, 0.4) is 0 Å². The summed E-state index contributed by atoms with van der Waals surface area (Å²) in [7, 11) is 1.06. The Bertz CT molecular complexity index is 564. The fraction of sp³-hybridized carbons (Fsp3) is 1.00. The van der Waals surface area contributed by atoms with Crippen molar-refractivity contribution in [3.8, 4) is 0 Å². The summed E-state index contributed by atoms with van der Waals surface area (Å²) in [6, 6.07) is -1.08. The van der Waals surface area contributed by atoms with E-state index < -0.39 is 56.6 Å². The molecule has 0 amide bonds. The van der Waals surface area contributed by atoms with Crippen molar-refractivity contribution in [2.45, 2.75) is 95.6 Å². The molecular weight excluding hydrogens is 406 g/mol. The number of rotatable bonds is 10. The van der Waals surface area contributed by atoms with Gasteiger partial charge in [-0.1, -0.05) is 0 Å². The third kappa shape index (κ3) is 6.97. The number of hydrogen-bond donors (Lipinski definition) is 3.